The summed E-state index contributed by atoms with van der Waals surface area (Å²) in [6.07, 6.45) is -0.208. The van der Waals surface area contributed by atoms with Gasteiger partial charge in [-0.1, -0.05) is 6.07 Å². The topological polar surface area (TPSA) is 57.5 Å². The van der Waals surface area contributed by atoms with Gasteiger partial charge in [-0.2, -0.15) is 0 Å². The van der Waals surface area contributed by atoms with Crippen LogP contribution < -0.4 is 0 Å². The number of aryl methyl sites for hydroxylation is 1. The van der Waals surface area contributed by atoms with Crippen molar-refractivity contribution in [1.82, 2.24) is 0 Å². The Morgan fingerprint density at radius 1 is 1.50 bits per heavy atom. The molecule has 0 unspecified atom stereocenters. The third kappa shape index (κ3) is 1.84. The molecule has 0 fully saturated rings. The molecule has 0 radical (unpaired) electrons. The molecule has 2 N–H and O–H groups in total. The molecule has 0 aliphatic heterocycles. The monoisotopic (exact) mass is 198 g/mol. The molecule has 0 atom stereocenters. The Bertz CT molecular complexity index is 385. The second kappa shape index (κ2) is 3.65. The average Bonchev–Trinajstić information content (AvgIpc) is 2.10. The van der Waals surface area contributed by atoms with Crippen molar-refractivity contribution in [2.45, 2.75) is 20.3 Å². The Hall–Kier alpha value is -1.58. The smallest absolute Gasteiger partial charge is 0.307 e. The third-order valence-corrected chi connectivity index (χ3v) is 2.12. The van der Waals surface area contributed by atoms with Crippen LogP contribution in [-0.4, -0.2) is 16.2 Å². The Labute approximate surface area is 80.8 Å². The number of hydrogen-bond donors (Lipinski definition) is 2. The number of carboxylic acids is 1. The number of phenolic OH excluding ortho intramolecular Hbond substituents is 1. The van der Waals surface area contributed by atoms with E-state index in [1.165, 1.54) is 19.9 Å². The number of benzene rings is 1. The van der Waals surface area contributed by atoms with Gasteiger partial charge in [0.15, 0.2) is 11.6 Å². The lowest BCUT2D eigenvalue weighted by molar-refractivity contribution is -0.136. The molecule has 0 aromatic heterocycles. The highest BCUT2D eigenvalue weighted by molar-refractivity contribution is 5.71. The van der Waals surface area contributed by atoms with E-state index in [1.54, 1.807) is 0 Å². The molecule has 0 amide bonds. The highest BCUT2D eigenvalue weighted by Gasteiger charge is 2.13. The average molecular weight is 198 g/mol. The predicted octanol–water partition coefficient (Wildman–Crippen LogP) is 1.78. The van der Waals surface area contributed by atoms with Crippen molar-refractivity contribution < 1.29 is 19.4 Å². The molecule has 0 heterocycles. The first-order valence-electron chi connectivity index (χ1n) is 4.12. The Morgan fingerprint density at radius 2 is 2.07 bits per heavy atom. The summed E-state index contributed by atoms with van der Waals surface area (Å²) in [4.78, 5) is 10.5. The van der Waals surface area contributed by atoms with Crippen LogP contribution in [0.15, 0.2) is 6.07 Å². The largest absolute Gasteiger partial charge is 0.505 e. The van der Waals surface area contributed by atoms with Crippen LogP contribution in [0.1, 0.15) is 16.7 Å². The zero-order valence-electron chi connectivity index (χ0n) is 7.97. The summed E-state index contributed by atoms with van der Waals surface area (Å²) in [6.45, 7) is 2.98. The summed E-state index contributed by atoms with van der Waals surface area (Å²) < 4.78 is 13.1. The lowest BCUT2D eigenvalue weighted by Crippen LogP contribution is -2.03. The van der Waals surface area contributed by atoms with E-state index in [-0.39, 0.29) is 17.5 Å². The van der Waals surface area contributed by atoms with Crippen molar-refractivity contribution in [3.8, 4) is 5.75 Å². The van der Waals surface area contributed by atoms with Crippen LogP contribution in [0, 0.1) is 19.7 Å². The number of aromatic hydroxyl groups is 1. The summed E-state index contributed by atoms with van der Waals surface area (Å²) in [5.74, 6) is -2.14. The molecule has 1 rings (SSSR count). The van der Waals surface area contributed by atoms with Crippen LogP contribution in [-0.2, 0) is 11.2 Å². The Balaban J connectivity index is 3.25. The lowest BCUT2D eigenvalue weighted by atomic mass is 10.0. The summed E-state index contributed by atoms with van der Waals surface area (Å²) in [5.41, 5.74) is 0.980. The number of hydrogen-bond acceptors (Lipinski definition) is 2. The summed E-state index contributed by atoms with van der Waals surface area (Å²) in [7, 11) is 0. The van der Waals surface area contributed by atoms with E-state index in [1.807, 2.05) is 0 Å². The lowest BCUT2D eigenvalue weighted by Gasteiger charge is -2.08. The zero-order chi connectivity index (χ0) is 10.9. The molecule has 0 bridgehead atoms. The van der Waals surface area contributed by atoms with Gasteiger partial charge in [0.25, 0.3) is 0 Å². The number of aliphatic carboxylic acids is 1. The number of phenols is 1. The van der Waals surface area contributed by atoms with Gasteiger partial charge in [-0.25, -0.2) is 4.39 Å². The number of halogens is 1. The molecule has 0 saturated carbocycles. The van der Waals surface area contributed by atoms with Crippen molar-refractivity contribution >= 4 is 5.97 Å². The van der Waals surface area contributed by atoms with Crippen LogP contribution in [0.5, 0.6) is 5.75 Å². The molecular formula is C10H11FO3. The number of carboxylic acid groups (broad SMARTS) is 1. The first kappa shape index (κ1) is 10.5. The fraction of sp³-hybridized carbons (Fsp3) is 0.300. The van der Waals surface area contributed by atoms with Gasteiger partial charge in [0.05, 0.1) is 6.42 Å². The van der Waals surface area contributed by atoms with Gasteiger partial charge < -0.3 is 10.2 Å². The molecular weight excluding hydrogens is 187 g/mol. The van der Waals surface area contributed by atoms with E-state index in [0.717, 1.165) is 0 Å². The minimum Gasteiger partial charge on any atom is -0.505 e. The SMILES string of the molecule is Cc1cc(CC(=O)O)c(C)c(O)c1F. The summed E-state index contributed by atoms with van der Waals surface area (Å²) in [5, 5.41) is 17.9. The maximum absolute atomic E-state index is 13.1. The fourth-order valence-electron chi connectivity index (χ4n) is 1.28. The van der Waals surface area contributed by atoms with Crippen LogP contribution in [0.25, 0.3) is 0 Å². The highest BCUT2D eigenvalue weighted by Crippen LogP contribution is 2.27. The second-order valence-electron chi connectivity index (χ2n) is 3.21. The van der Waals surface area contributed by atoms with Gasteiger partial charge in [0.2, 0.25) is 0 Å². The molecule has 1 aromatic carbocycles. The minimum absolute atomic E-state index is 0.208. The molecule has 1 aromatic rings. The molecule has 0 aliphatic rings. The highest BCUT2D eigenvalue weighted by atomic mass is 19.1. The summed E-state index contributed by atoms with van der Waals surface area (Å²) >= 11 is 0. The van der Waals surface area contributed by atoms with Crippen molar-refractivity contribution in [3.05, 3.63) is 28.6 Å². The van der Waals surface area contributed by atoms with E-state index in [2.05, 4.69) is 0 Å². The second-order valence-corrected chi connectivity index (χ2v) is 3.21. The standard InChI is InChI=1S/C10H11FO3/c1-5-3-7(4-8(12)13)6(2)10(14)9(5)11/h3,14H,4H2,1-2H3,(H,12,13). The van der Waals surface area contributed by atoms with Gasteiger partial charge in [-0.3, -0.25) is 4.79 Å². The Kier molecular flexibility index (Phi) is 2.74. The van der Waals surface area contributed by atoms with E-state index in [4.69, 9.17) is 5.11 Å². The maximum Gasteiger partial charge on any atom is 0.307 e. The van der Waals surface area contributed by atoms with E-state index < -0.39 is 17.5 Å². The van der Waals surface area contributed by atoms with Gasteiger partial charge in [0, 0.05) is 0 Å². The molecule has 3 nitrogen and oxygen atoms in total. The van der Waals surface area contributed by atoms with E-state index >= 15 is 0 Å². The summed E-state index contributed by atoms with van der Waals surface area (Å²) in [6, 6.07) is 1.44. The van der Waals surface area contributed by atoms with Crippen molar-refractivity contribution in [2.24, 2.45) is 0 Å². The third-order valence-electron chi connectivity index (χ3n) is 2.12. The van der Waals surface area contributed by atoms with Crippen LogP contribution in [0.4, 0.5) is 4.39 Å². The number of carbonyl (C=O) groups is 1. The van der Waals surface area contributed by atoms with Gasteiger partial charge in [-0.05, 0) is 30.5 Å². The van der Waals surface area contributed by atoms with Gasteiger partial charge in [-0.15, -0.1) is 0 Å². The van der Waals surface area contributed by atoms with Crippen molar-refractivity contribution in [3.63, 3.8) is 0 Å². The van der Waals surface area contributed by atoms with Crippen LogP contribution in [0.2, 0.25) is 0 Å². The van der Waals surface area contributed by atoms with E-state index in [9.17, 15) is 14.3 Å². The molecule has 76 valence electrons. The predicted molar refractivity (Wildman–Crippen MR) is 48.9 cm³/mol. The maximum atomic E-state index is 13.1. The molecule has 0 spiro atoms. The molecule has 14 heavy (non-hydrogen) atoms. The first-order valence-corrected chi connectivity index (χ1v) is 4.12. The van der Waals surface area contributed by atoms with Crippen molar-refractivity contribution in [2.75, 3.05) is 0 Å². The molecule has 0 saturated heterocycles. The first-order chi connectivity index (χ1) is 6.43. The van der Waals surface area contributed by atoms with Crippen molar-refractivity contribution in [1.29, 1.82) is 0 Å². The zero-order valence-corrected chi connectivity index (χ0v) is 7.97. The van der Waals surface area contributed by atoms with Crippen LogP contribution in [0.3, 0.4) is 0 Å². The molecule has 4 heteroatoms. The minimum atomic E-state index is -1.00. The number of rotatable bonds is 2. The molecule has 0 aliphatic carbocycles. The van der Waals surface area contributed by atoms with Gasteiger partial charge >= 0.3 is 5.97 Å². The quantitative estimate of drug-likeness (QED) is 0.761. The van der Waals surface area contributed by atoms with Gasteiger partial charge in [0.1, 0.15) is 0 Å². The Morgan fingerprint density at radius 3 is 2.57 bits per heavy atom. The van der Waals surface area contributed by atoms with E-state index in [0.29, 0.717) is 5.56 Å². The normalized spacial score (nSPS) is 10.2. The van der Waals surface area contributed by atoms with Crippen LogP contribution >= 0.6 is 0 Å². The fourth-order valence-corrected chi connectivity index (χ4v) is 1.28.